The molecule has 0 aromatic carbocycles. The molecule has 0 spiro atoms. The zero-order valence-corrected chi connectivity index (χ0v) is 16.4. The topological polar surface area (TPSA) is 119 Å². The fraction of sp³-hybridized carbons (Fsp3) is 0.933. The summed E-state index contributed by atoms with van der Waals surface area (Å²) >= 11 is 0. The molecule has 156 valence electrons. The van der Waals surface area contributed by atoms with E-state index in [1.807, 2.05) is 13.8 Å². The molecule has 0 aliphatic carbocycles. The van der Waals surface area contributed by atoms with Crippen LogP contribution in [0.4, 0.5) is 4.79 Å². The molecule has 0 aliphatic rings. The van der Waals surface area contributed by atoms with Gasteiger partial charge in [0.25, 0.3) is 0 Å². The summed E-state index contributed by atoms with van der Waals surface area (Å²) in [7, 11) is -3.85. The summed E-state index contributed by atoms with van der Waals surface area (Å²) in [5, 5.41) is 8.06. The van der Waals surface area contributed by atoms with Crippen molar-refractivity contribution in [1.29, 1.82) is 0 Å². The monoisotopic (exact) mass is 402 g/mol. The summed E-state index contributed by atoms with van der Waals surface area (Å²) in [6.45, 7) is 5.26. The highest BCUT2D eigenvalue weighted by Gasteiger charge is 2.26. The largest absolute Gasteiger partial charge is 0.540 e. The Morgan fingerprint density at radius 3 is 1.65 bits per heavy atom. The standard InChI is InChI=1S/C15H31O10P/c1-3-5-7-19-9-12-22-26(18,23-13-10-20-8-6-4-2)24-14-11-21-15(16)25-17/h17H,3-14H2,1-2H3. The van der Waals surface area contributed by atoms with Gasteiger partial charge in [-0.15, -0.1) is 0 Å². The fourth-order valence-corrected chi connectivity index (χ4v) is 2.64. The molecule has 0 saturated heterocycles. The third-order valence-corrected chi connectivity index (χ3v) is 4.36. The maximum atomic E-state index is 12.5. The number of ether oxygens (including phenoxy) is 3. The molecular formula is C15H31O10P. The number of carbonyl (C=O) groups is 1. The quantitative estimate of drug-likeness (QED) is 0.120. The third kappa shape index (κ3) is 15.5. The van der Waals surface area contributed by atoms with Crippen molar-refractivity contribution in [3.05, 3.63) is 0 Å². The Morgan fingerprint density at radius 2 is 1.23 bits per heavy atom. The van der Waals surface area contributed by atoms with E-state index < -0.39 is 14.0 Å². The number of phosphoric ester groups is 1. The van der Waals surface area contributed by atoms with Crippen LogP contribution in [0.1, 0.15) is 39.5 Å². The minimum absolute atomic E-state index is 0.0250. The predicted molar refractivity (Wildman–Crippen MR) is 92.0 cm³/mol. The van der Waals surface area contributed by atoms with E-state index in [2.05, 4.69) is 9.62 Å². The lowest BCUT2D eigenvalue weighted by atomic mass is 10.4. The molecule has 0 bridgehead atoms. The maximum Gasteiger partial charge on any atom is 0.540 e. The van der Waals surface area contributed by atoms with Crippen molar-refractivity contribution >= 4 is 14.0 Å². The summed E-state index contributed by atoms with van der Waals surface area (Å²) in [4.78, 5) is 13.9. The van der Waals surface area contributed by atoms with Crippen molar-refractivity contribution < 1.29 is 47.3 Å². The highest BCUT2D eigenvalue weighted by atomic mass is 31.2. The Hall–Kier alpha value is -0.740. The summed E-state index contributed by atoms with van der Waals surface area (Å²) in [5.74, 6) is 0. The summed E-state index contributed by atoms with van der Waals surface area (Å²) < 4.78 is 43.0. The predicted octanol–water partition coefficient (Wildman–Crippen LogP) is 3.40. The molecule has 11 heteroatoms. The molecule has 0 radical (unpaired) electrons. The van der Waals surface area contributed by atoms with Gasteiger partial charge in [-0.2, -0.15) is 5.26 Å². The zero-order chi connectivity index (χ0) is 19.5. The summed E-state index contributed by atoms with van der Waals surface area (Å²) in [6.07, 6.45) is 2.59. The number of phosphoric acid groups is 1. The SMILES string of the molecule is CCCCOCCOP(=O)(OCCOCCCC)OCCOC(=O)OO. The molecule has 1 N–H and O–H groups in total. The molecule has 0 saturated carbocycles. The number of hydrogen-bond acceptors (Lipinski definition) is 10. The Kier molecular flexibility index (Phi) is 17.2. The van der Waals surface area contributed by atoms with E-state index in [4.69, 9.17) is 28.3 Å². The average Bonchev–Trinajstić information content (AvgIpc) is 2.64. The van der Waals surface area contributed by atoms with Crippen molar-refractivity contribution in [2.24, 2.45) is 0 Å². The van der Waals surface area contributed by atoms with Gasteiger partial charge in [-0.1, -0.05) is 26.7 Å². The first-order valence-electron chi connectivity index (χ1n) is 8.75. The molecular weight excluding hydrogens is 371 g/mol. The summed E-state index contributed by atoms with van der Waals surface area (Å²) in [6, 6.07) is 0. The van der Waals surface area contributed by atoms with E-state index in [1.165, 1.54) is 0 Å². The van der Waals surface area contributed by atoms with Crippen molar-refractivity contribution in [3.8, 4) is 0 Å². The molecule has 0 amide bonds. The van der Waals surface area contributed by atoms with Gasteiger partial charge < -0.3 is 14.2 Å². The number of rotatable bonds is 18. The van der Waals surface area contributed by atoms with Crippen molar-refractivity contribution in [2.45, 2.75) is 39.5 Å². The van der Waals surface area contributed by atoms with E-state index in [-0.39, 0.29) is 39.6 Å². The molecule has 0 aromatic rings. The minimum Gasteiger partial charge on any atom is -0.430 e. The molecule has 10 nitrogen and oxygen atoms in total. The van der Waals surface area contributed by atoms with E-state index in [0.717, 1.165) is 25.7 Å². The Bertz CT molecular complexity index is 359. The second-order valence-electron chi connectivity index (χ2n) is 5.07. The first kappa shape index (κ1) is 25.3. The lowest BCUT2D eigenvalue weighted by Crippen LogP contribution is -2.13. The zero-order valence-electron chi connectivity index (χ0n) is 15.6. The van der Waals surface area contributed by atoms with Crippen molar-refractivity contribution in [3.63, 3.8) is 0 Å². The number of hydrogen-bond donors (Lipinski definition) is 1. The van der Waals surface area contributed by atoms with Gasteiger partial charge in [0.2, 0.25) is 0 Å². The first-order valence-corrected chi connectivity index (χ1v) is 10.2. The fourth-order valence-electron chi connectivity index (χ4n) is 1.53. The Labute approximate surface area is 154 Å². The van der Waals surface area contributed by atoms with Crippen LogP contribution in [0.25, 0.3) is 0 Å². The van der Waals surface area contributed by atoms with Gasteiger partial charge in [0, 0.05) is 13.2 Å². The highest BCUT2D eigenvalue weighted by molar-refractivity contribution is 7.48. The van der Waals surface area contributed by atoms with Crippen LogP contribution >= 0.6 is 7.82 Å². The smallest absolute Gasteiger partial charge is 0.430 e. The lowest BCUT2D eigenvalue weighted by Gasteiger charge is -2.18. The average molecular weight is 402 g/mol. The van der Waals surface area contributed by atoms with Crippen LogP contribution in [0.15, 0.2) is 0 Å². The van der Waals surface area contributed by atoms with Gasteiger partial charge in [0.05, 0.1) is 33.0 Å². The molecule has 0 fully saturated rings. The second-order valence-corrected chi connectivity index (χ2v) is 6.74. The van der Waals surface area contributed by atoms with Crippen LogP contribution < -0.4 is 0 Å². The second kappa shape index (κ2) is 17.7. The van der Waals surface area contributed by atoms with Crippen LogP contribution in [-0.4, -0.2) is 64.3 Å². The minimum atomic E-state index is -3.85. The van der Waals surface area contributed by atoms with Gasteiger partial charge in [-0.3, -0.25) is 18.5 Å². The van der Waals surface area contributed by atoms with Crippen LogP contribution in [0.2, 0.25) is 0 Å². The molecule has 0 rings (SSSR count). The molecule has 0 atom stereocenters. The summed E-state index contributed by atoms with van der Waals surface area (Å²) in [5.41, 5.74) is 0. The van der Waals surface area contributed by atoms with Crippen LogP contribution in [0, 0.1) is 0 Å². The number of unbranched alkanes of at least 4 members (excludes halogenated alkanes) is 2. The van der Waals surface area contributed by atoms with E-state index in [9.17, 15) is 9.36 Å². The molecule has 0 unspecified atom stereocenters. The normalized spacial score (nSPS) is 11.5. The van der Waals surface area contributed by atoms with Gasteiger partial charge >= 0.3 is 14.0 Å². The highest BCUT2D eigenvalue weighted by Crippen LogP contribution is 2.49. The van der Waals surface area contributed by atoms with Gasteiger partial charge in [-0.05, 0) is 12.8 Å². The maximum absolute atomic E-state index is 12.5. The van der Waals surface area contributed by atoms with Gasteiger partial charge in [0.15, 0.2) is 0 Å². The molecule has 0 aliphatic heterocycles. The first-order chi connectivity index (χ1) is 12.6. The van der Waals surface area contributed by atoms with Crippen LogP contribution in [0.3, 0.4) is 0 Å². The Morgan fingerprint density at radius 1 is 0.769 bits per heavy atom. The number of carbonyl (C=O) groups excluding carboxylic acids is 1. The third-order valence-electron chi connectivity index (χ3n) is 2.87. The van der Waals surface area contributed by atoms with E-state index in [0.29, 0.717) is 13.2 Å². The van der Waals surface area contributed by atoms with Crippen LogP contribution in [0.5, 0.6) is 0 Å². The Balaban J connectivity index is 4.14. The van der Waals surface area contributed by atoms with Crippen LogP contribution in [-0.2, 0) is 37.2 Å². The molecule has 0 aromatic heterocycles. The van der Waals surface area contributed by atoms with Crippen molar-refractivity contribution in [2.75, 3.05) is 52.9 Å². The molecule has 26 heavy (non-hydrogen) atoms. The van der Waals surface area contributed by atoms with E-state index >= 15 is 0 Å². The van der Waals surface area contributed by atoms with Crippen molar-refractivity contribution in [1.82, 2.24) is 0 Å². The lowest BCUT2D eigenvalue weighted by molar-refractivity contribution is -0.201. The van der Waals surface area contributed by atoms with Gasteiger partial charge in [0.1, 0.15) is 6.61 Å². The van der Waals surface area contributed by atoms with Gasteiger partial charge in [-0.25, -0.2) is 9.36 Å². The molecule has 0 heterocycles. The van der Waals surface area contributed by atoms with E-state index in [1.54, 1.807) is 0 Å².